The fourth-order valence-corrected chi connectivity index (χ4v) is 4.50. The minimum Gasteiger partial charge on any atom is -0.445 e. The van der Waals surface area contributed by atoms with Crippen LogP contribution in [0.25, 0.3) is 0 Å². The average molecular weight is 405 g/mol. The van der Waals surface area contributed by atoms with Gasteiger partial charge in [0.1, 0.15) is 6.61 Å². The Kier molecular flexibility index (Phi) is 5.42. The van der Waals surface area contributed by atoms with E-state index in [4.69, 9.17) is 4.74 Å². The summed E-state index contributed by atoms with van der Waals surface area (Å²) in [6.45, 7) is 0.963. The Hall–Kier alpha value is -3.37. The van der Waals surface area contributed by atoms with Crippen molar-refractivity contribution in [2.45, 2.75) is 24.9 Å². The Morgan fingerprint density at radius 2 is 1.87 bits per heavy atom. The molecule has 2 amide bonds. The van der Waals surface area contributed by atoms with E-state index in [9.17, 15) is 20.0 Å². The number of nitrogens with zero attached hydrogens (tertiary/aromatic N) is 3. The van der Waals surface area contributed by atoms with Crippen molar-refractivity contribution in [2.75, 3.05) is 31.1 Å². The molecule has 1 fully saturated rings. The summed E-state index contributed by atoms with van der Waals surface area (Å²) in [6, 6.07) is 17.0. The van der Waals surface area contributed by atoms with Gasteiger partial charge in [0.2, 0.25) is 5.91 Å². The zero-order valence-corrected chi connectivity index (χ0v) is 16.6. The Morgan fingerprint density at radius 1 is 1.13 bits per heavy atom. The van der Waals surface area contributed by atoms with E-state index in [0.29, 0.717) is 37.2 Å². The number of hydrogen-bond donors (Lipinski definition) is 1. The van der Waals surface area contributed by atoms with Crippen LogP contribution in [0.3, 0.4) is 0 Å². The van der Waals surface area contributed by atoms with Crippen LogP contribution < -0.4 is 4.90 Å². The number of anilines is 1. The van der Waals surface area contributed by atoms with Crippen molar-refractivity contribution in [1.82, 2.24) is 4.90 Å². The molecule has 2 aliphatic heterocycles. The van der Waals surface area contributed by atoms with Crippen LogP contribution in [0, 0.1) is 11.3 Å². The van der Waals surface area contributed by atoms with Gasteiger partial charge in [-0.25, -0.2) is 4.79 Å². The third kappa shape index (κ3) is 3.29. The van der Waals surface area contributed by atoms with Gasteiger partial charge in [-0.2, -0.15) is 5.26 Å². The molecule has 2 aromatic carbocycles. The van der Waals surface area contributed by atoms with Crippen molar-refractivity contribution >= 4 is 17.7 Å². The molecular formula is C23H23N3O4. The number of likely N-dealkylation sites (tertiary alicyclic amines) is 1. The SMILES string of the molecule is N#Cc1cccc2c1C1(CCN(C(=O)OCc3ccccc3)CC1)C(=O)N2CCO. The number of nitriles is 1. The van der Waals surface area contributed by atoms with Crippen LogP contribution in [-0.2, 0) is 21.6 Å². The maximum absolute atomic E-state index is 13.4. The molecule has 0 radical (unpaired) electrons. The predicted molar refractivity (Wildman–Crippen MR) is 110 cm³/mol. The van der Waals surface area contributed by atoms with Crippen LogP contribution in [0.2, 0.25) is 0 Å². The molecule has 1 N–H and O–H groups in total. The molecule has 0 atom stereocenters. The number of carbonyl (C=O) groups excluding carboxylic acids is 2. The minimum absolute atomic E-state index is 0.105. The molecule has 154 valence electrons. The van der Waals surface area contributed by atoms with Crippen LogP contribution in [0.15, 0.2) is 48.5 Å². The lowest BCUT2D eigenvalue weighted by Crippen LogP contribution is -2.50. The van der Waals surface area contributed by atoms with Gasteiger partial charge in [-0.05, 0) is 30.5 Å². The topological polar surface area (TPSA) is 93.9 Å². The first kappa shape index (κ1) is 19.9. The summed E-state index contributed by atoms with van der Waals surface area (Å²) in [6.07, 6.45) is 0.430. The molecule has 0 aromatic heterocycles. The monoisotopic (exact) mass is 405 g/mol. The van der Waals surface area contributed by atoms with E-state index in [2.05, 4.69) is 6.07 Å². The molecule has 1 saturated heterocycles. The van der Waals surface area contributed by atoms with E-state index in [0.717, 1.165) is 11.1 Å². The second-order valence-corrected chi connectivity index (χ2v) is 7.60. The van der Waals surface area contributed by atoms with Gasteiger partial charge >= 0.3 is 6.09 Å². The van der Waals surface area contributed by atoms with E-state index in [-0.39, 0.29) is 25.7 Å². The van der Waals surface area contributed by atoms with E-state index in [1.54, 1.807) is 21.9 Å². The number of ether oxygens (including phenoxy) is 1. The number of β-amino-alcohol motifs (C(OH)–C–C–N with tert-alkyl or cyclic N) is 1. The van der Waals surface area contributed by atoms with Gasteiger partial charge in [0.25, 0.3) is 0 Å². The molecule has 0 saturated carbocycles. The summed E-state index contributed by atoms with van der Waals surface area (Å²) in [5.74, 6) is -0.105. The highest BCUT2D eigenvalue weighted by atomic mass is 16.6. The number of aliphatic hydroxyl groups is 1. The molecule has 1 spiro atoms. The second-order valence-electron chi connectivity index (χ2n) is 7.60. The van der Waals surface area contributed by atoms with Crippen molar-refractivity contribution in [1.29, 1.82) is 5.26 Å². The van der Waals surface area contributed by atoms with Crippen LogP contribution in [0.5, 0.6) is 0 Å². The number of rotatable bonds is 4. The number of hydrogen-bond acceptors (Lipinski definition) is 5. The summed E-state index contributed by atoms with van der Waals surface area (Å²) in [5, 5.41) is 19.0. The molecule has 0 aliphatic carbocycles. The van der Waals surface area contributed by atoms with E-state index >= 15 is 0 Å². The Morgan fingerprint density at radius 3 is 2.53 bits per heavy atom. The van der Waals surface area contributed by atoms with E-state index in [1.807, 2.05) is 36.4 Å². The molecule has 2 aromatic rings. The normalized spacial score (nSPS) is 17.0. The molecular weight excluding hydrogens is 382 g/mol. The molecule has 7 heteroatoms. The summed E-state index contributed by atoms with van der Waals surface area (Å²) in [5.41, 5.74) is 1.96. The lowest BCUT2D eigenvalue weighted by molar-refractivity contribution is -0.124. The molecule has 30 heavy (non-hydrogen) atoms. The first-order valence-corrected chi connectivity index (χ1v) is 10.0. The van der Waals surface area contributed by atoms with Crippen molar-refractivity contribution < 1.29 is 19.4 Å². The van der Waals surface area contributed by atoms with E-state index in [1.165, 1.54) is 0 Å². The van der Waals surface area contributed by atoms with Gasteiger partial charge < -0.3 is 19.6 Å². The molecule has 7 nitrogen and oxygen atoms in total. The van der Waals surface area contributed by atoms with Crippen LogP contribution in [0.1, 0.15) is 29.5 Å². The lowest BCUT2D eigenvalue weighted by atomic mass is 9.72. The largest absolute Gasteiger partial charge is 0.445 e. The summed E-state index contributed by atoms with van der Waals surface area (Å²) in [4.78, 5) is 29.1. The standard InChI is InChI=1S/C23H23N3O4/c24-15-18-7-4-8-19-20(18)23(21(28)26(19)13-14-27)9-11-25(12-10-23)22(29)30-16-17-5-2-1-3-6-17/h1-8,27H,9-14,16H2. The maximum Gasteiger partial charge on any atom is 0.410 e. The average Bonchev–Trinajstić information content (AvgIpc) is 3.02. The molecule has 0 bridgehead atoms. The second kappa shape index (κ2) is 8.17. The number of benzene rings is 2. The Balaban J connectivity index is 1.51. The quantitative estimate of drug-likeness (QED) is 0.844. The van der Waals surface area contributed by atoms with Gasteiger partial charge in [0.05, 0.1) is 23.7 Å². The maximum atomic E-state index is 13.4. The third-order valence-corrected chi connectivity index (χ3v) is 5.99. The first-order valence-electron chi connectivity index (χ1n) is 10.0. The highest BCUT2D eigenvalue weighted by Crippen LogP contribution is 2.49. The highest BCUT2D eigenvalue weighted by molar-refractivity contribution is 6.09. The first-order chi connectivity index (χ1) is 14.6. The minimum atomic E-state index is -0.840. The predicted octanol–water partition coefficient (Wildman–Crippen LogP) is 2.57. The summed E-state index contributed by atoms with van der Waals surface area (Å²) < 4.78 is 5.43. The fraction of sp³-hybridized carbons (Fsp3) is 0.348. The van der Waals surface area contributed by atoms with Gasteiger partial charge in [0, 0.05) is 30.9 Å². The zero-order valence-electron chi connectivity index (χ0n) is 16.6. The summed E-state index contributed by atoms with van der Waals surface area (Å²) >= 11 is 0. The molecule has 0 unspecified atom stereocenters. The Bertz CT molecular complexity index is 991. The molecule has 2 heterocycles. The smallest absolute Gasteiger partial charge is 0.410 e. The number of aliphatic hydroxyl groups excluding tert-OH is 1. The molecule has 4 rings (SSSR count). The lowest BCUT2D eigenvalue weighted by Gasteiger charge is -2.38. The third-order valence-electron chi connectivity index (χ3n) is 5.99. The number of fused-ring (bicyclic) bond motifs is 2. The number of carbonyl (C=O) groups is 2. The zero-order chi connectivity index (χ0) is 21.1. The number of amides is 2. The fourth-order valence-electron chi connectivity index (χ4n) is 4.50. The number of piperidine rings is 1. The van der Waals surface area contributed by atoms with Gasteiger partial charge in [-0.3, -0.25) is 4.79 Å². The van der Waals surface area contributed by atoms with Crippen molar-refractivity contribution in [3.63, 3.8) is 0 Å². The van der Waals surface area contributed by atoms with Gasteiger partial charge in [-0.1, -0.05) is 36.4 Å². The van der Waals surface area contributed by atoms with Crippen molar-refractivity contribution in [3.05, 3.63) is 65.2 Å². The van der Waals surface area contributed by atoms with Crippen LogP contribution in [0.4, 0.5) is 10.5 Å². The summed E-state index contributed by atoms with van der Waals surface area (Å²) in [7, 11) is 0. The molecule has 2 aliphatic rings. The van der Waals surface area contributed by atoms with E-state index < -0.39 is 11.5 Å². The highest BCUT2D eigenvalue weighted by Gasteiger charge is 2.53. The van der Waals surface area contributed by atoms with Crippen LogP contribution >= 0.6 is 0 Å². The Labute approximate surface area is 175 Å². The van der Waals surface area contributed by atoms with Crippen molar-refractivity contribution in [2.24, 2.45) is 0 Å². The van der Waals surface area contributed by atoms with Gasteiger partial charge in [-0.15, -0.1) is 0 Å². The van der Waals surface area contributed by atoms with Crippen LogP contribution in [-0.4, -0.2) is 48.2 Å². The van der Waals surface area contributed by atoms with Crippen molar-refractivity contribution in [3.8, 4) is 6.07 Å². The van der Waals surface area contributed by atoms with Gasteiger partial charge in [0.15, 0.2) is 0 Å².